The van der Waals surface area contributed by atoms with E-state index in [4.69, 9.17) is 4.74 Å². The Labute approximate surface area is 151 Å². The molecule has 0 bridgehead atoms. The van der Waals surface area contributed by atoms with Crippen LogP contribution in [0.2, 0.25) is 0 Å². The van der Waals surface area contributed by atoms with E-state index < -0.39 is 0 Å². The number of fused-ring (bicyclic) bond motifs is 1. The predicted octanol–water partition coefficient (Wildman–Crippen LogP) is 2.95. The van der Waals surface area contributed by atoms with Crippen LogP contribution in [0, 0.1) is 0 Å². The van der Waals surface area contributed by atoms with Crippen LogP contribution in [0.3, 0.4) is 0 Å². The molecule has 26 heavy (non-hydrogen) atoms. The van der Waals surface area contributed by atoms with Gasteiger partial charge in [0.05, 0.1) is 22.8 Å². The van der Waals surface area contributed by atoms with E-state index in [9.17, 15) is 4.79 Å². The summed E-state index contributed by atoms with van der Waals surface area (Å²) in [5, 5.41) is 6.13. The van der Waals surface area contributed by atoms with Crippen molar-refractivity contribution in [3.63, 3.8) is 0 Å². The van der Waals surface area contributed by atoms with Gasteiger partial charge in [0.2, 0.25) is 0 Å². The summed E-state index contributed by atoms with van der Waals surface area (Å²) in [7, 11) is 1.51. The SMILES string of the molecule is COCC(=O)N1N=C(c2ccccc2)C[C@@H]1c1ccc2nccnc2c1. The molecule has 0 aliphatic carbocycles. The van der Waals surface area contributed by atoms with Crippen molar-refractivity contribution >= 4 is 22.7 Å². The third-order valence-electron chi connectivity index (χ3n) is 4.42. The molecule has 0 N–H and O–H groups in total. The summed E-state index contributed by atoms with van der Waals surface area (Å²) in [5.41, 5.74) is 4.52. The number of methoxy groups -OCH3 is 1. The van der Waals surface area contributed by atoms with Crippen LogP contribution in [0.1, 0.15) is 23.6 Å². The van der Waals surface area contributed by atoms with Crippen molar-refractivity contribution in [3.05, 3.63) is 72.1 Å². The van der Waals surface area contributed by atoms with Crippen molar-refractivity contribution in [1.82, 2.24) is 15.0 Å². The first-order valence-electron chi connectivity index (χ1n) is 8.41. The molecule has 0 radical (unpaired) electrons. The summed E-state index contributed by atoms with van der Waals surface area (Å²) in [5.74, 6) is -0.164. The molecule has 1 atom stereocenters. The molecule has 1 aliphatic heterocycles. The Morgan fingerprint density at radius 3 is 2.65 bits per heavy atom. The number of amides is 1. The minimum absolute atomic E-state index is 0.00451. The van der Waals surface area contributed by atoms with Gasteiger partial charge in [-0.1, -0.05) is 36.4 Å². The molecule has 6 nitrogen and oxygen atoms in total. The summed E-state index contributed by atoms with van der Waals surface area (Å²) in [6.07, 6.45) is 3.98. The highest BCUT2D eigenvalue weighted by Gasteiger charge is 2.33. The summed E-state index contributed by atoms with van der Waals surface area (Å²) >= 11 is 0. The molecule has 0 saturated heterocycles. The first-order valence-corrected chi connectivity index (χ1v) is 8.41. The number of hydrazone groups is 1. The first-order chi connectivity index (χ1) is 12.8. The number of aromatic nitrogens is 2. The average molecular weight is 346 g/mol. The molecule has 3 aromatic rings. The molecule has 0 fully saturated rings. The number of rotatable bonds is 4. The Morgan fingerprint density at radius 2 is 1.88 bits per heavy atom. The monoisotopic (exact) mass is 346 g/mol. The lowest BCUT2D eigenvalue weighted by molar-refractivity contribution is -0.136. The van der Waals surface area contributed by atoms with Crippen molar-refractivity contribution < 1.29 is 9.53 Å². The van der Waals surface area contributed by atoms with E-state index in [1.165, 1.54) is 12.1 Å². The van der Waals surface area contributed by atoms with E-state index in [0.29, 0.717) is 6.42 Å². The number of hydrogen-bond acceptors (Lipinski definition) is 5. The van der Waals surface area contributed by atoms with Gasteiger partial charge in [0.25, 0.3) is 5.91 Å². The Bertz CT molecular complexity index is 972. The van der Waals surface area contributed by atoms with E-state index in [0.717, 1.165) is 27.9 Å². The molecule has 1 aromatic heterocycles. The fourth-order valence-corrected chi connectivity index (χ4v) is 3.18. The second-order valence-electron chi connectivity index (χ2n) is 6.11. The maximum Gasteiger partial charge on any atom is 0.269 e. The van der Waals surface area contributed by atoms with Crippen LogP contribution in [0.5, 0.6) is 0 Å². The van der Waals surface area contributed by atoms with Gasteiger partial charge in [0.15, 0.2) is 0 Å². The van der Waals surface area contributed by atoms with Crippen molar-refractivity contribution in [1.29, 1.82) is 0 Å². The quantitative estimate of drug-likeness (QED) is 0.728. The van der Waals surface area contributed by atoms with Crippen LogP contribution in [0.25, 0.3) is 11.0 Å². The minimum Gasteiger partial charge on any atom is -0.375 e. The van der Waals surface area contributed by atoms with E-state index in [1.54, 1.807) is 12.4 Å². The summed E-state index contributed by atoms with van der Waals surface area (Å²) in [6.45, 7) is -0.00451. The molecule has 2 aromatic carbocycles. The highest BCUT2D eigenvalue weighted by Crippen LogP contribution is 2.33. The van der Waals surface area contributed by atoms with Crippen molar-refractivity contribution in [2.24, 2.45) is 5.10 Å². The van der Waals surface area contributed by atoms with Gasteiger partial charge in [0, 0.05) is 25.9 Å². The van der Waals surface area contributed by atoms with Gasteiger partial charge in [-0.15, -0.1) is 0 Å². The molecular formula is C20H18N4O2. The van der Waals surface area contributed by atoms with Gasteiger partial charge in [-0.2, -0.15) is 5.10 Å². The van der Waals surface area contributed by atoms with Gasteiger partial charge in [-0.05, 0) is 23.3 Å². The van der Waals surface area contributed by atoms with Crippen LogP contribution in [0.15, 0.2) is 66.0 Å². The lowest BCUT2D eigenvalue weighted by Crippen LogP contribution is -2.30. The Kier molecular flexibility index (Phi) is 4.41. The normalized spacial score (nSPS) is 16.7. The average Bonchev–Trinajstić information content (AvgIpc) is 3.14. The number of benzene rings is 2. The molecule has 0 saturated carbocycles. The number of hydrogen-bond donors (Lipinski definition) is 0. The first kappa shape index (κ1) is 16.4. The van der Waals surface area contributed by atoms with Gasteiger partial charge in [-0.3, -0.25) is 14.8 Å². The third kappa shape index (κ3) is 3.07. The molecule has 1 aliphatic rings. The largest absolute Gasteiger partial charge is 0.375 e. The maximum absolute atomic E-state index is 12.5. The molecule has 0 spiro atoms. The van der Waals surface area contributed by atoms with Gasteiger partial charge in [0.1, 0.15) is 6.61 Å². The predicted molar refractivity (Wildman–Crippen MR) is 98.6 cm³/mol. The van der Waals surface area contributed by atoms with Crippen LogP contribution in [-0.4, -0.2) is 40.3 Å². The second kappa shape index (κ2) is 7.01. The zero-order valence-electron chi connectivity index (χ0n) is 14.4. The fraction of sp³-hybridized carbons (Fsp3) is 0.200. The second-order valence-corrected chi connectivity index (χ2v) is 6.11. The topological polar surface area (TPSA) is 67.7 Å². The van der Waals surface area contributed by atoms with Gasteiger partial charge in [-0.25, -0.2) is 5.01 Å². The van der Waals surface area contributed by atoms with Crippen LogP contribution in [0.4, 0.5) is 0 Å². The molecule has 130 valence electrons. The molecule has 2 heterocycles. The zero-order chi connectivity index (χ0) is 17.9. The molecular weight excluding hydrogens is 328 g/mol. The van der Waals surface area contributed by atoms with E-state index in [2.05, 4.69) is 15.1 Å². The van der Waals surface area contributed by atoms with Gasteiger partial charge >= 0.3 is 0 Å². The van der Waals surface area contributed by atoms with Crippen molar-refractivity contribution in [2.45, 2.75) is 12.5 Å². The summed E-state index contributed by atoms with van der Waals surface area (Å²) < 4.78 is 5.03. The number of carbonyl (C=O) groups excluding carboxylic acids is 1. The fourth-order valence-electron chi connectivity index (χ4n) is 3.18. The van der Waals surface area contributed by atoms with Crippen molar-refractivity contribution in [3.8, 4) is 0 Å². The van der Waals surface area contributed by atoms with E-state index >= 15 is 0 Å². The highest BCUT2D eigenvalue weighted by molar-refractivity contribution is 6.03. The Balaban J connectivity index is 1.72. The van der Waals surface area contributed by atoms with E-state index in [1.807, 2.05) is 48.5 Å². The highest BCUT2D eigenvalue weighted by atomic mass is 16.5. The molecule has 4 rings (SSSR count). The lowest BCUT2D eigenvalue weighted by atomic mass is 9.98. The molecule has 6 heteroatoms. The summed E-state index contributed by atoms with van der Waals surface area (Å²) in [6, 6.07) is 15.6. The molecule has 0 unspecified atom stereocenters. The number of carbonyl (C=O) groups is 1. The smallest absolute Gasteiger partial charge is 0.269 e. The zero-order valence-corrected chi connectivity index (χ0v) is 14.4. The van der Waals surface area contributed by atoms with Crippen LogP contribution >= 0.6 is 0 Å². The standard InChI is InChI=1S/C20H18N4O2/c1-26-13-20(25)24-19(12-17(23-24)14-5-3-2-4-6-14)15-7-8-16-18(11-15)22-10-9-21-16/h2-11,19H,12-13H2,1H3/t19-/m1/s1. The van der Waals surface area contributed by atoms with Crippen molar-refractivity contribution in [2.75, 3.05) is 13.7 Å². The number of ether oxygens (including phenoxy) is 1. The lowest BCUT2D eigenvalue weighted by Gasteiger charge is -2.21. The number of nitrogens with zero attached hydrogens (tertiary/aromatic N) is 4. The third-order valence-corrected chi connectivity index (χ3v) is 4.42. The van der Waals surface area contributed by atoms with Crippen LogP contribution in [-0.2, 0) is 9.53 Å². The minimum atomic E-state index is -0.181. The van der Waals surface area contributed by atoms with E-state index in [-0.39, 0.29) is 18.6 Å². The Hall–Kier alpha value is -3.12. The van der Waals surface area contributed by atoms with Gasteiger partial charge < -0.3 is 4.74 Å². The van der Waals surface area contributed by atoms with Crippen LogP contribution < -0.4 is 0 Å². The summed E-state index contributed by atoms with van der Waals surface area (Å²) in [4.78, 5) is 21.2. The maximum atomic E-state index is 12.5. The molecule has 1 amide bonds. The Morgan fingerprint density at radius 1 is 1.12 bits per heavy atom.